The van der Waals surface area contributed by atoms with Crippen LogP contribution in [0.3, 0.4) is 0 Å². The molecule has 0 heterocycles. The van der Waals surface area contributed by atoms with E-state index in [0.717, 1.165) is 0 Å². The van der Waals surface area contributed by atoms with E-state index in [-0.39, 0.29) is 0 Å². The summed E-state index contributed by atoms with van der Waals surface area (Å²) in [6.45, 7) is 1.70. The van der Waals surface area contributed by atoms with Crippen LogP contribution in [0.1, 0.15) is 18.6 Å². The summed E-state index contributed by atoms with van der Waals surface area (Å²) in [6.07, 6.45) is -0.619. The van der Waals surface area contributed by atoms with E-state index in [9.17, 15) is 5.11 Å². The molecule has 0 spiro atoms. The van der Waals surface area contributed by atoms with Gasteiger partial charge in [0.2, 0.25) is 5.75 Å². The number of rotatable bonds is 5. The smallest absolute Gasteiger partial charge is 0.211 e. The van der Waals surface area contributed by atoms with Crippen molar-refractivity contribution in [3.8, 4) is 23.0 Å². The van der Waals surface area contributed by atoms with Gasteiger partial charge in [0.05, 0.1) is 20.3 Å². The van der Waals surface area contributed by atoms with Gasteiger partial charge in [-0.1, -0.05) is 24.3 Å². The second kappa shape index (κ2) is 6.30. The van der Waals surface area contributed by atoms with E-state index in [4.69, 9.17) is 14.2 Å². The molecule has 1 N–H and O–H groups in total. The van der Waals surface area contributed by atoms with Crippen molar-refractivity contribution in [2.75, 3.05) is 14.2 Å². The standard InChI is InChI=1S/C16H18O4/c1-11(17)12-7-4-5-8-13(12)20-16-14(18-2)9-6-10-15(16)19-3/h4-11,17H,1-3H3. The monoisotopic (exact) mass is 274 g/mol. The minimum atomic E-state index is -0.619. The van der Waals surface area contributed by atoms with Crippen LogP contribution in [0.2, 0.25) is 0 Å². The highest BCUT2D eigenvalue weighted by molar-refractivity contribution is 5.54. The maximum absolute atomic E-state index is 9.79. The number of methoxy groups -OCH3 is 2. The summed E-state index contributed by atoms with van der Waals surface area (Å²) in [5, 5.41) is 9.79. The molecule has 1 atom stereocenters. The van der Waals surface area contributed by atoms with Gasteiger partial charge in [-0.15, -0.1) is 0 Å². The number of hydrogen-bond donors (Lipinski definition) is 1. The first kappa shape index (κ1) is 14.2. The van der Waals surface area contributed by atoms with Gasteiger partial charge in [0.25, 0.3) is 0 Å². The molecule has 0 fully saturated rings. The van der Waals surface area contributed by atoms with Crippen molar-refractivity contribution in [1.29, 1.82) is 0 Å². The fraction of sp³-hybridized carbons (Fsp3) is 0.250. The fourth-order valence-corrected chi connectivity index (χ4v) is 1.95. The highest BCUT2D eigenvalue weighted by Gasteiger charge is 2.15. The molecule has 2 aromatic rings. The second-order valence-electron chi connectivity index (χ2n) is 4.31. The lowest BCUT2D eigenvalue weighted by Gasteiger charge is -2.17. The van der Waals surface area contributed by atoms with Crippen LogP contribution < -0.4 is 14.2 Å². The van der Waals surface area contributed by atoms with Crippen molar-refractivity contribution in [3.05, 3.63) is 48.0 Å². The van der Waals surface area contributed by atoms with Crippen LogP contribution in [-0.2, 0) is 0 Å². The van der Waals surface area contributed by atoms with Crippen molar-refractivity contribution < 1.29 is 19.3 Å². The Kier molecular flexibility index (Phi) is 4.48. The predicted molar refractivity (Wildman–Crippen MR) is 76.7 cm³/mol. The first-order chi connectivity index (χ1) is 9.67. The minimum Gasteiger partial charge on any atom is -0.493 e. The number of aliphatic hydroxyl groups is 1. The number of para-hydroxylation sites is 2. The van der Waals surface area contributed by atoms with Gasteiger partial charge in [0, 0.05) is 5.56 Å². The van der Waals surface area contributed by atoms with Gasteiger partial charge in [-0.3, -0.25) is 0 Å². The highest BCUT2D eigenvalue weighted by Crippen LogP contribution is 2.41. The van der Waals surface area contributed by atoms with Crippen LogP contribution in [0.25, 0.3) is 0 Å². The van der Waals surface area contributed by atoms with Gasteiger partial charge in [-0.2, -0.15) is 0 Å². The summed E-state index contributed by atoms with van der Waals surface area (Å²) < 4.78 is 16.5. The van der Waals surface area contributed by atoms with E-state index in [0.29, 0.717) is 28.6 Å². The second-order valence-corrected chi connectivity index (χ2v) is 4.31. The zero-order chi connectivity index (χ0) is 14.5. The quantitative estimate of drug-likeness (QED) is 0.905. The van der Waals surface area contributed by atoms with Gasteiger partial charge in [0.1, 0.15) is 5.75 Å². The molecule has 0 aliphatic heterocycles. The van der Waals surface area contributed by atoms with Gasteiger partial charge >= 0.3 is 0 Å². The largest absolute Gasteiger partial charge is 0.493 e. The minimum absolute atomic E-state index is 0.491. The third-order valence-corrected chi connectivity index (χ3v) is 2.96. The first-order valence-electron chi connectivity index (χ1n) is 6.33. The lowest BCUT2D eigenvalue weighted by atomic mass is 10.1. The predicted octanol–water partition coefficient (Wildman–Crippen LogP) is 3.55. The number of aliphatic hydroxyl groups excluding tert-OH is 1. The Bertz CT molecular complexity index is 556. The molecule has 2 rings (SSSR count). The fourth-order valence-electron chi connectivity index (χ4n) is 1.95. The van der Waals surface area contributed by atoms with Crippen molar-refractivity contribution in [2.45, 2.75) is 13.0 Å². The molecule has 0 bridgehead atoms. The summed E-state index contributed by atoms with van der Waals surface area (Å²) in [7, 11) is 3.14. The maximum atomic E-state index is 9.79. The molecule has 106 valence electrons. The average molecular weight is 274 g/mol. The van der Waals surface area contributed by atoms with Crippen molar-refractivity contribution in [2.24, 2.45) is 0 Å². The molecule has 1 unspecified atom stereocenters. The lowest BCUT2D eigenvalue weighted by molar-refractivity contribution is 0.195. The molecule has 0 saturated carbocycles. The summed E-state index contributed by atoms with van der Waals surface area (Å²) in [4.78, 5) is 0. The Morgan fingerprint density at radius 3 is 1.95 bits per heavy atom. The third-order valence-electron chi connectivity index (χ3n) is 2.96. The third kappa shape index (κ3) is 2.86. The van der Waals surface area contributed by atoms with E-state index in [1.165, 1.54) is 0 Å². The summed E-state index contributed by atoms with van der Waals surface area (Å²) in [6, 6.07) is 12.7. The van der Waals surface area contributed by atoms with Crippen LogP contribution in [-0.4, -0.2) is 19.3 Å². The van der Waals surface area contributed by atoms with Crippen LogP contribution >= 0.6 is 0 Å². The molecule has 4 nitrogen and oxygen atoms in total. The molecule has 0 saturated heterocycles. The van der Waals surface area contributed by atoms with Crippen LogP contribution in [0.5, 0.6) is 23.0 Å². The number of ether oxygens (including phenoxy) is 3. The summed E-state index contributed by atoms with van der Waals surface area (Å²) in [5.41, 5.74) is 0.709. The summed E-state index contributed by atoms with van der Waals surface area (Å²) >= 11 is 0. The molecular weight excluding hydrogens is 256 g/mol. The van der Waals surface area contributed by atoms with Gasteiger partial charge in [-0.25, -0.2) is 0 Å². The maximum Gasteiger partial charge on any atom is 0.211 e. The van der Waals surface area contributed by atoms with Crippen molar-refractivity contribution >= 4 is 0 Å². The molecule has 2 aromatic carbocycles. The molecular formula is C16H18O4. The van der Waals surface area contributed by atoms with E-state index in [1.54, 1.807) is 39.3 Å². The van der Waals surface area contributed by atoms with E-state index in [1.807, 2.05) is 24.3 Å². The average Bonchev–Trinajstić information content (AvgIpc) is 2.47. The van der Waals surface area contributed by atoms with E-state index < -0.39 is 6.10 Å². The number of hydrogen-bond acceptors (Lipinski definition) is 4. The zero-order valence-electron chi connectivity index (χ0n) is 11.8. The summed E-state index contributed by atoms with van der Waals surface area (Å²) in [5.74, 6) is 2.21. The molecule has 0 aliphatic rings. The SMILES string of the molecule is COc1cccc(OC)c1Oc1ccccc1C(C)O. The van der Waals surface area contributed by atoms with Crippen molar-refractivity contribution in [1.82, 2.24) is 0 Å². The zero-order valence-corrected chi connectivity index (χ0v) is 11.8. The Hall–Kier alpha value is -2.20. The van der Waals surface area contributed by atoms with E-state index >= 15 is 0 Å². The molecule has 0 amide bonds. The van der Waals surface area contributed by atoms with Crippen LogP contribution in [0.15, 0.2) is 42.5 Å². The van der Waals surface area contributed by atoms with Crippen LogP contribution in [0.4, 0.5) is 0 Å². The lowest BCUT2D eigenvalue weighted by Crippen LogP contribution is -1.98. The first-order valence-corrected chi connectivity index (χ1v) is 6.33. The normalized spacial score (nSPS) is 11.8. The Morgan fingerprint density at radius 2 is 1.40 bits per heavy atom. The molecule has 20 heavy (non-hydrogen) atoms. The molecule has 0 aliphatic carbocycles. The molecule has 4 heteroatoms. The Balaban J connectivity index is 2.44. The highest BCUT2D eigenvalue weighted by atomic mass is 16.5. The Morgan fingerprint density at radius 1 is 0.850 bits per heavy atom. The van der Waals surface area contributed by atoms with Gasteiger partial charge in [0.15, 0.2) is 11.5 Å². The topological polar surface area (TPSA) is 47.9 Å². The van der Waals surface area contributed by atoms with Gasteiger partial charge in [-0.05, 0) is 25.1 Å². The number of benzene rings is 2. The molecule has 0 aromatic heterocycles. The van der Waals surface area contributed by atoms with Crippen molar-refractivity contribution in [3.63, 3.8) is 0 Å². The van der Waals surface area contributed by atoms with E-state index in [2.05, 4.69) is 0 Å². The Labute approximate surface area is 118 Å². The molecule has 0 radical (unpaired) electrons. The van der Waals surface area contributed by atoms with Gasteiger partial charge < -0.3 is 19.3 Å². The van der Waals surface area contributed by atoms with Crippen LogP contribution in [0, 0.1) is 0 Å².